The Bertz CT molecular complexity index is 414. The van der Waals surface area contributed by atoms with Crippen LogP contribution in [0, 0.1) is 5.92 Å². The van der Waals surface area contributed by atoms with Crippen LogP contribution in [0.5, 0.6) is 5.75 Å². The van der Waals surface area contributed by atoms with E-state index in [2.05, 4.69) is 46.8 Å². The predicted octanol–water partition coefficient (Wildman–Crippen LogP) is 4.51. The molecule has 100 valence electrons. The van der Waals surface area contributed by atoms with Crippen LogP contribution in [0.25, 0.3) is 0 Å². The molecule has 0 spiro atoms. The lowest BCUT2D eigenvalue weighted by Crippen LogP contribution is -2.30. The van der Waals surface area contributed by atoms with Gasteiger partial charge in [-0.1, -0.05) is 41.0 Å². The van der Waals surface area contributed by atoms with E-state index in [1.54, 1.807) is 0 Å². The zero-order chi connectivity index (χ0) is 13.3. The minimum Gasteiger partial charge on any atom is -0.490 e. The van der Waals surface area contributed by atoms with Crippen LogP contribution in [-0.4, -0.2) is 11.1 Å². The normalized spacial score (nSPS) is 23.9. The van der Waals surface area contributed by atoms with Gasteiger partial charge in [-0.15, -0.1) is 0 Å². The summed E-state index contributed by atoms with van der Waals surface area (Å²) in [4.78, 5) is 4.79. The highest BCUT2D eigenvalue weighted by Gasteiger charge is 2.29. The Morgan fingerprint density at radius 1 is 1.28 bits per heavy atom. The third-order valence-corrected chi connectivity index (χ3v) is 4.07. The lowest BCUT2D eigenvalue weighted by molar-refractivity contribution is 0.134. The van der Waals surface area contributed by atoms with Gasteiger partial charge in [-0.2, -0.15) is 0 Å². The highest BCUT2D eigenvalue weighted by molar-refractivity contribution is 5.33. The summed E-state index contributed by atoms with van der Waals surface area (Å²) in [7, 11) is 0. The van der Waals surface area contributed by atoms with E-state index in [9.17, 15) is 0 Å². The molecule has 0 radical (unpaired) electrons. The molecular weight excluding hydrogens is 222 g/mol. The summed E-state index contributed by atoms with van der Waals surface area (Å²) in [6, 6.07) is 4.20. The maximum Gasteiger partial charge on any atom is 0.123 e. The first kappa shape index (κ1) is 13.4. The van der Waals surface area contributed by atoms with Crippen LogP contribution >= 0.6 is 0 Å². The van der Waals surface area contributed by atoms with Gasteiger partial charge in [0.1, 0.15) is 11.9 Å². The lowest BCUT2D eigenvalue weighted by Gasteiger charge is -2.32. The molecule has 1 aliphatic heterocycles. The van der Waals surface area contributed by atoms with Crippen molar-refractivity contribution in [2.24, 2.45) is 5.92 Å². The van der Waals surface area contributed by atoms with Crippen molar-refractivity contribution in [2.45, 2.75) is 65.4 Å². The second-order valence-electron chi connectivity index (χ2n) is 6.00. The number of ether oxygens (including phenoxy) is 1. The molecule has 0 aromatic carbocycles. The average molecular weight is 247 g/mol. The van der Waals surface area contributed by atoms with Crippen molar-refractivity contribution < 1.29 is 4.74 Å². The number of rotatable bonds is 4. The van der Waals surface area contributed by atoms with Gasteiger partial charge in [0.2, 0.25) is 0 Å². The first-order valence-corrected chi connectivity index (χ1v) is 7.19. The van der Waals surface area contributed by atoms with Gasteiger partial charge in [0.25, 0.3) is 0 Å². The van der Waals surface area contributed by atoms with Crippen LogP contribution < -0.4 is 4.74 Å². The lowest BCUT2D eigenvalue weighted by atomic mass is 9.89. The van der Waals surface area contributed by atoms with Crippen molar-refractivity contribution in [1.82, 2.24) is 4.98 Å². The minimum atomic E-state index is 0.295. The highest BCUT2D eigenvalue weighted by Crippen LogP contribution is 2.35. The quantitative estimate of drug-likeness (QED) is 0.781. The molecule has 0 saturated carbocycles. The van der Waals surface area contributed by atoms with Crippen LogP contribution in [0.4, 0.5) is 0 Å². The van der Waals surface area contributed by atoms with Crippen molar-refractivity contribution >= 4 is 0 Å². The molecule has 2 rings (SSSR count). The Morgan fingerprint density at radius 2 is 2.00 bits per heavy atom. The monoisotopic (exact) mass is 247 g/mol. The van der Waals surface area contributed by atoms with Crippen LogP contribution in [0.3, 0.4) is 0 Å². The smallest absolute Gasteiger partial charge is 0.123 e. The van der Waals surface area contributed by atoms with Gasteiger partial charge >= 0.3 is 0 Å². The number of fused-ring (bicyclic) bond motifs is 2. The molecular formula is C16H25NO. The number of aromatic nitrogens is 1. The molecule has 18 heavy (non-hydrogen) atoms. The fourth-order valence-electron chi connectivity index (χ4n) is 2.43. The van der Waals surface area contributed by atoms with E-state index in [0.717, 1.165) is 17.9 Å². The molecule has 1 aliphatic rings. The van der Waals surface area contributed by atoms with E-state index in [-0.39, 0.29) is 0 Å². The standard InChI is InChI=1S/C16H25NO/c1-6-11(4)7-16-12(5)15-9-13(18-16)8-14(17-15)10(2)3/h8-12,16H,6-7H2,1-5H3/t11?,12-,16-/m0/s1. The minimum absolute atomic E-state index is 0.295. The maximum absolute atomic E-state index is 6.13. The van der Waals surface area contributed by atoms with E-state index in [0.29, 0.717) is 23.9 Å². The van der Waals surface area contributed by atoms with Gasteiger partial charge in [0.05, 0.1) is 5.69 Å². The Morgan fingerprint density at radius 3 is 2.61 bits per heavy atom. The van der Waals surface area contributed by atoms with E-state index < -0.39 is 0 Å². The van der Waals surface area contributed by atoms with Crippen LogP contribution in [-0.2, 0) is 0 Å². The third-order valence-electron chi connectivity index (χ3n) is 4.07. The molecule has 0 saturated heterocycles. The van der Waals surface area contributed by atoms with E-state index in [1.165, 1.54) is 12.1 Å². The number of hydrogen-bond acceptors (Lipinski definition) is 2. The Balaban J connectivity index is 2.19. The van der Waals surface area contributed by atoms with Gasteiger partial charge in [0.15, 0.2) is 0 Å². The van der Waals surface area contributed by atoms with Crippen LogP contribution in [0.1, 0.15) is 70.7 Å². The van der Waals surface area contributed by atoms with Crippen LogP contribution in [0.15, 0.2) is 12.1 Å². The van der Waals surface area contributed by atoms with Crippen molar-refractivity contribution in [3.63, 3.8) is 0 Å². The van der Waals surface area contributed by atoms with Gasteiger partial charge in [-0.25, -0.2) is 0 Å². The Kier molecular flexibility index (Phi) is 3.94. The van der Waals surface area contributed by atoms with Crippen molar-refractivity contribution in [1.29, 1.82) is 0 Å². The zero-order valence-electron chi connectivity index (χ0n) is 12.2. The topological polar surface area (TPSA) is 22.1 Å². The molecule has 0 fully saturated rings. The second-order valence-corrected chi connectivity index (χ2v) is 6.00. The fraction of sp³-hybridized carbons (Fsp3) is 0.688. The van der Waals surface area contributed by atoms with Gasteiger partial charge in [-0.3, -0.25) is 4.98 Å². The van der Waals surface area contributed by atoms with Crippen molar-refractivity contribution in [2.75, 3.05) is 0 Å². The molecule has 2 bridgehead atoms. The Hall–Kier alpha value is -1.05. The molecule has 1 aromatic rings. The predicted molar refractivity (Wildman–Crippen MR) is 75.2 cm³/mol. The van der Waals surface area contributed by atoms with Crippen molar-refractivity contribution in [3.8, 4) is 5.75 Å². The number of pyridine rings is 1. The molecule has 1 unspecified atom stereocenters. The molecule has 0 amide bonds. The summed E-state index contributed by atoms with van der Waals surface area (Å²) in [6.07, 6.45) is 2.63. The second kappa shape index (κ2) is 5.29. The first-order valence-electron chi connectivity index (χ1n) is 7.19. The van der Waals surface area contributed by atoms with E-state index >= 15 is 0 Å². The molecule has 3 atom stereocenters. The summed E-state index contributed by atoms with van der Waals surface area (Å²) in [6.45, 7) is 11.1. The largest absolute Gasteiger partial charge is 0.490 e. The summed E-state index contributed by atoms with van der Waals surface area (Å²) in [5.74, 6) is 2.59. The van der Waals surface area contributed by atoms with Crippen LogP contribution in [0.2, 0.25) is 0 Å². The number of hydrogen-bond donors (Lipinski definition) is 0. The highest BCUT2D eigenvalue weighted by atomic mass is 16.5. The Labute approximate surface area is 111 Å². The molecule has 2 heterocycles. The van der Waals surface area contributed by atoms with Gasteiger partial charge < -0.3 is 4.74 Å². The number of nitrogens with zero attached hydrogens (tertiary/aromatic N) is 1. The molecule has 1 aromatic heterocycles. The van der Waals surface area contributed by atoms with E-state index in [4.69, 9.17) is 9.72 Å². The van der Waals surface area contributed by atoms with E-state index in [1.807, 2.05) is 0 Å². The van der Waals surface area contributed by atoms with Gasteiger partial charge in [-0.05, 0) is 18.3 Å². The van der Waals surface area contributed by atoms with Crippen molar-refractivity contribution in [3.05, 3.63) is 23.5 Å². The zero-order valence-corrected chi connectivity index (χ0v) is 12.2. The summed E-state index contributed by atoms with van der Waals surface area (Å²) in [5.41, 5.74) is 2.35. The maximum atomic E-state index is 6.13. The first-order chi connectivity index (χ1) is 8.51. The van der Waals surface area contributed by atoms with Gasteiger partial charge in [0, 0.05) is 23.7 Å². The molecule has 2 nitrogen and oxygen atoms in total. The molecule has 2 heteroatoms. The third kappa shape index (κ3) is 2.68. The average Bonchev–Trinajstić information content (AvgIpc) is 2.35. The molecule has 0 aliphatic carbocycles. The summed E-state index contributed by atoms with van der Waals surface area (Å²) < 4.78 is 6.13. The summed E-state index contributed by atoms with van der Waals surface area (Å²) in [5, 5.41) is 0. The fourth-order valence-corrected chi connectivity index (χ4v) is 2.43. The summed E-state index contributed by atoms with van der Waals surface area (Å²) >= 11 is 0. The SMILES string of the molecule is CCC(C)C[C@@H]1Oc2cc(C(C)C)nc(c2)[C@@H]1C. The molecule has 0 N–H and O–H groups in total.